The molecular formula is C25H22N2O2S. The highest BCUT2D eigenvalue weighted by Gasteiger charge is 2.42. The van der Waals surface area contributed by atoms with Gasteiger partial charge in [-0.3, -0.25) is 9.59 Å². The van der Waals surface area contributed by atoms with Crippen molar-refractivity contribution in [3.8, 4) is 0 Å². The predicted octanol–water partition coefficient (Wildman–Crippen LogP) is 5.73. The Hall–Kier alpha value is -3.44. The third-order valence-corrected chi connectivity index (χ3v) is 6.19. The van der Waals surface area contributed by atoms with Gasteiger partial charge in [-0.15, -0.1) is 11.3 Å². The molecule has 1 aromatic heterocycles. The van der Waals surface area contributed by atoms with Gasteiger partial charge in [-0.2, -0.15) is 0 Å². The average molecular weight is 415 g/mol. The van der Waals surface area contributed by atoms with Gasteiger partial charge in [0.25, 0.3) is 0 Å². The Morgan fingerprint density at radius 2 is 1.27 bits per heavy atom. The summed E-state index contributed by atoms with van der Waals surface area (Å²) in [6.07, 6.45) is 0.309. The zero-order valence-electron chi connectivity index (χ0n) is 16.6. The minimum atomic E-state index is -1.29. The number of anilines is 2. The second kappa shape index (κ2) is 8.51. The van der Waals surface area contributed by atoms with Crippen LogP contribution in [0.4, 0.5) is 11.4 Å². The first-order valence-corrected chi connectivity index (χ1v) is 10.6. The first-order valence-electron chi connectivity index (χ1n) is 9.75. The van der Waals surface area contributed by atoms with Crippen molar-refractivity contribution in [2.24, 2.45) is 5.41 Å². The Balaban J connectivity index is 1.65. The van der Waals surface area contributed by atoms with Crippen molar-refractivity contribution in [3.05, 3.63) is 95.9 Å². The van der Waals surface area contributed by atoms with Crippen LogP contribution in [0.1, 0.15) is 11.8 Å². The minimum Gasteiger partial charge on any atom is -0.325 e. The molecule has 30 heavy (non-hydrogen) atoms. The number of carbonyl (C=O) groups is 2. The van der Waals surface area contributed by atoms with Gasteiger partial charge in [0.15, 0.2) is 0 Å². The average Bonchev–Trinajstić information content (AvgIpc) is 3.17. The third-order valence-electron chi connectivity index (χ3n) is 5.07. The van der Waals surface area contributed by atoms with Crippen molar-refractivity contribution in [1.29, 1.82) is 0 Å². The summed E-state index contributed by atoms with van der Waals surface area (Å²) in [4.78, 5) is 27.6. The van der Waals surface area contributed by atoms with Crippen molar-refractivity contribution in [2.45, 2.75) is 13.3 Å². The lowest BCUT2D eigenvalue weighted by atomic mass is 9.83. The maximum atomic E-state index is 13.3. The lowest BCUT2D eigenvalue weighted by molar-refractivity contribution is -0.136. The normalized spacial score (nSPS) is 11.2. The van der Waals surface area contributed by atoms with Crippen LogP contribution >= 0.6 is 11.3 Å². The van der Waals surface area contributed by atoms with Crippen LogP contribution in [0, 0.1) is 5.41 Å². The van der Waals surface area contributed by atoms with Gasteiger partial charge in [0.2, 0.25) is 11.8 Å². The molecule has 3 aromatic carbocycles. The summed E-state index contributed by atoms with van der Waals surface area (Å²) in [5, 5.41) is 6.93. The van der Waals surface area contributed by atoms with E-state index in [0.29, 0.717) is 17.8 Å². The van der Waals surface area contributed by atoms with Crippen LogP contribution < -0.4 is 10.6 Å². The first kappa shape index (κ1) is 19.9. The van der Waals surface area contributed by atoms with Crippen molar-refractivity contribution < 1.29 is 9.59 Å². The summed E-state index contributed by atoms with van der Waals surface area (Å²) in [5.41, 5.74) is 0.0437. The fraction of sp³-hybridized carbons (Fsp3) is 0.120. The molecule has 0 atom stereocenters. The van der Waals surface area contributed by atoms with Crippen molar-refractivity contribution in [3.63, 3.8) is 0 Å². The maximum Gasteiger partial charge on any atom is 0.240 e. The Bertz CT molecular complexity index is 1080. The summed E-state index contributed by atoms with van der Waals surface area (Å²) in [6, 6.07) is 28.5. The van der Waals surface area contributed by atoms with Gasteiger partial charge in [-0.25, -0.2) is 0 Å². The van der Waals surface area contributed by atoms with Crippen molar-refractivity contribution >= 4 is 44.6 Å². The molecule has 0 fully saturated rings. The van der Waals surface area contributed by atoms with Crippen LogP contribution in [-0.4, -0.2) is 11.8 Å². The quantitative estimate of drug-likeness (QED) is 0.396. The summed E-state index contributed by atoms with van der Waals surface area (Å²) in [5.74, 6) is -0.667. The molecule has 0 radical (unpaired) electrons. The molecule has 0 unspecified atom stereocenters. The first-order chi connectivity index (χ1) is 14.5. The number of benzene rings is 3. The molecule has 4 rings (SSSR count). The molecule has 0 saturated heterocycles. The lowest BCUT2D eigenvalue weighted by Crippen LogP contribution is -2.45. The van der Waals surface area contributed by atoms with Gasteiger partial charge in [0, 0.05) is 27.4 Å². The standard InChI is InChI=1S/C25H22N2O2S/c1-25(23(28)26-19-11-4-2-5-12-19,24(29)27-20-13-6-3-7-14-20)17-21-16-18-10-8-9-15-22(18)30-21/h2-16H,17H2,1H3,(H,26,28)(H,27,29). The van der Waals surface area contributed by atoms with Gasteiger partial charge in [0.1, 0.15) is 5.41 Å². The molecule has 0 spiro atoms. The number of nitrogens with one attached hydrogen (secondary N) is 2. The van der Waals surface area contributed by atoms with Crippen LogP contribution in [0.15, 0.2) is 91.0 Å². The van der Waals surface area contributed by atoms with Crippen LogP contribution in [0.25, 0.3) is 10.1 Å². The summed E-state index contributed by atoms with van der Waals surface area (Å²) in [7, 11) is 0. The molecule has 1 heterocycles. The van der Waals surface area contributed by atoms with Gasteiger partial charge >= 0.3 is 0 Å². The molecule has 0 saturated carbocycles. The van der Waals surface area contributed by atoms with Gasteiger partial charge in [-0.1, -0.05) is 54.6 Å². The molecule has 4 nitrogen and oxygen atoms in total. The summed E-state index contributed by atoms with van der Waals surface area (Å²) >= 11 is 1.61. The van der Waals surface area contributed by atoms with Crippen LogP contribution in [0.2, 0.25) is 0 Å². The molecule has 4 aromatic rings. The minimum absolute atomic E-state index is 0.309. The number of carbonyl (C=O) groups excluding carboxylic acids is 2. The van der Waals surface area contributed by atoms with Crippen LogP contribution in [0.3, 0.4) is 0 Å². The molecule has 0 bridgehead atoms. The SMILES string of the molecule is CC(Cc1cc2ccccc2s1)(C(=O)Nc1ccccc1)C(=O)Nc1ccccc1. The second-order valence-electron chi connectivity index (χ2n) is 7.40. The fourth-order valence-corrected chi connectivity index (χ4v) is 4.54. The smallest absolute Gasteiger partial charge is 0.240 e. The van der Waals surface area contributed by atoms with E-state index in [1.54, 1.807) is 18.3 Å². The second-order valence-corrected chi connectivity index (χ2v) is 8.57. The molecule has 2 amide bonds. The predicted molar refractivity (Wildman–Crippen MR) is 124 cm³/mol. The number of amides is 2. The molecule has 0 aliphatic heterocycles. The summed E-state index contributed by atoms with van der Waals surface area (Å²) in [6.45, 7) is 1.70. The number of hydrogen-bond acceptors (Lipinski definition) is 3. The van der Waals surface area contributed by atoms with E-state index in [4.69, 9.17) is 0 Å². The van der Waals surface area contributed by atoms with Gasteiger partial charge < -0.3 is 10.6 Å². The summed E-state index contributed by atoms with van der Waals surface area (Å²) < 4.78 is 1.14. The molecular weight excluding hydrogens is 392 g/mol. The Morgan fingerprint density at radius 1 is 0.767 bits per heavy atom. The van der Waals surface area contributed by atoms with Crippen LogP contribution in [0.5, 0.6) is 0 Å². The van der Waals surface area contributed by atoms with E-state index in [9.17, 15) is 9.59 Å². The number of para-hydroxylation sites is 2. The van der Waals surface area contributed by atoms with Gasteiger partial charge in [0.05, 0.1) is 0 Å². The number of hydrogen-bond donors (Lipinski definition) is 2. The number of thiophene rings is 1. The maximum absolute atomic E-state index is 13.3. The van der Waals surface area contributed by atoms with Crippen molar-refractivity contribution in [2.75, 3.05) is 10.6 Å². The van der Waals surface area contributed by atoms with E-state index >= 15 is 0 Å². The largest absolute Gasteiger partial charge is 0.325 e. The third kappa shape index (κ3) is 4.26. The number of rotatable bonds is 6. The zero-order chi connectivity index (χ0) is 21.0. The fourth-order valence-electron chi connectivity index (χ4n) is 3.32. The molecule has 2 N–H and O–H groups in total. The molecule has 0 aliphatic carbocycles. The monoisotopic (exact) mass is 414 g/mol. The van der Waals surface area contributed by atoms with E-state index < -0.39 is 5.41 Å². The topological polar surface area (TPSA) is 58.2 Å². The Morgan fingerprint density at radius 3 is 1.80 bits per heavy atom. The lowest BCUT2D eigenvalue weighted by Gasteiger charge is -2.27. The Kier molecular flexibility index (Phi) is 5.63. The van der Waals surface area contributed by atoms with E-state index in [1.165, 1.54) is 0 Å². The molecule has 150 valence electrons. The van der Waals surface area contributed by atoms with E-state index in [2.05, 4.69) is 22.8 Å². The van der Waals surface area contributed by atoms with Gasteiger partial charge in [-0.05, 0) is 48.7 Å². The van der Waals surface area contributed by atoms with E-state index in [0.717, 1.165) is 15.0 Å². The molecule has 0 aliphatic rings. The number of fused-ring (bicyclic) bond motifs is 1. The highest BCUT2D eigenvalue weighted by atomic mass is 32.1. The van der Waals surface area contributed by atoms with Crippen molar-refractivity contribution in [1.82, 2.24) is 0 Å². The van der Waals surface area contributed by atoms with E-state index in [-0.39, 0.29) is 11.8 Å². The highest BCUT2D eigenvalue weighted by molar-refractivity contribution is 7.19. The zero-order valence-corrected chi connectivity index (χ0v) is 17.4. The van der Waals surface area contributed by atoms with Crippen LogP contribution in [-0.2, 0) is 16.0 Å². The van der Waals surface area contributed by atoms with E-state index in [1.807, 2.05) is 78.9 Å². The molecule has 5 heteroatoms. The Labute approximate surface area is 179 Å². The highest BCUT2D eigenvalue weighted by Crippen LogP contribution is 2.33.